The second-order valence-corrected chi connectivity index (χ2v) is 6.68. The summed E-state index contributed by atoms with van der Waals surface area (Å²) in [5.74, 6) is 0. The molecule has 0 bridgehead atoms. The molecule has 3 rings (SSSR count). The van der Waals surface area contributed by atoms with Crippen molar-refractivity contribution in [3.63, 3.8) is 0 Å². The van der Waals surface area contributed by atoms with Crippen LogP contribution in [0.25, 0.3) is 0 Å². The summed E-state index contributed by atoms with van der Waals surface area (Å²) in [5, 5.41) is 15.2. The van der Waals surface area contributed by atoms with E-state index in [1.165, 1.54) is 4.88 Å². The number of nitriles is 1. The van der Waals surface area contributed by atoms with Crippen molar-refractivity contribution in [2.24, 2.45) is 0 Å². The number of benzene rings is 1. The van der Waals surface area contributed by atoms with Gasteiger partial charge >= 0.3 is 0 Å². The molecule has 1 aliphatic rings. The number of thiophene rings is 1. The van der Waals surface area contributed by atoms with Gasteiger partial charge in [0.2, 0.25) is 0 Å². The molecule has 4 heteroatoms. The lowest BCUT2D eigenvalue weighted by molar-refractivity contribution is 0.511. The van der Waals surface area contributed by atoms with E-state index in [0.29, 0.717) is 0 Å². The van der Waals surface area contributed by atoms with E-state index >= 15 is 0 Å². The Hall–Kier alpha value is -1.31. The van der Waals surface area contributed by atoms with Crippen LogP contribution in [0.15, 0.2) is 40.2 Å². The molecule has 0 aliphatic heterocycles. The molecule has 0 radical (unpaired) electrons. The maximum atomic E-state index is 9.72. The van der Waals surface area contributed by atoms with Crippen molar-refractivity contribution in [1.82, 2.24) is 0 Å². The molecule has 0 saturated carbocycles. The number of hydrogen-bond acceptors (Lipinski definition) is 3. The molecular formula is C15H13BrN2S. The Morgan fingerprint density at radius 1 is 1.37 bits per heavy atom. The highest BCUT2D eigenvalue weighted by Crippen LogP contribution is 2.40. The van der Waals surface area contributed by atoms with Crippen LogP contribution in [-0.2, 0) is 12.0 Å². The topological polar surface area (TPSA) is 35.8 Å². The summed E-state index contributed by atoms with van der Waals surface area (Å²) >= 11 is 5.23. The van der Waals surface area contributed by atoms with Gasteiger partial charge in [0.15, 0.2) is 5.54 Å². The average Bonchev–Trinajstić information content (AvgIpc) is 2.88. The Morgan fingerprint density at radius 2 is 2.26 bits per heavy atom. The largest absolute Gasteiger partial charge is 0.364 e. The summed E-state index contributed by atoms with van der Waals surface area (Å²) in [4.78, 5) is 1.34. The van der Waals surface area contributed by atoms with Gasteiger partial charge in [-0.25, -0.2) is 0 Å². The zero-order chi connectivity index (χ0) is 13.3. The number of nitrogens with one attached hydrogen (secondary N) is 1. The molecule has 96 valence electrons. The zero-order valence-corrected chi connectivity index (χ0v) is 12.7. The van der Waals surface area contributed by atoms with Gasteiger partial charge in [-0.05, 0) is 48.9 Å². The van der Waals surface area contributed by atoms with Gasteiger partial charge in [-0.3, -0.25) is 0 Å². The van der Waals surface area contributed by atoms with Gasteiger partial charge in [0.1, 0.15) is 0 Å². The third kappa shape index (κ3) is 2.29. The summed E-state index contributed by atoms with van der Waals surface area (Å²) in [6, 6.07) is 12.6. The van der Waals surface area contributed by atoms with Crippen molar-refractivity contribution < 1.29 is 0 Å². The first-order valence-electron chi connectivity index (χ1n) is 6.25. The summed E-state index contributed by atoms with van der Waals surface area (Å²) in [6.45, 7) is 0. The maximum Gasteiger partial charge on any atom is 0.152 e. The fourth-order valence-electron chi connectivity index (χ4n) is 2.65. The smallest absolute Gasteiger partial charge is 0.152 e. The van der Waals surface area contributed by atoms with E-state index in [2.05, 4.69) is 38.8 Å². The van der Waals surface area contributed by atoms with Gasteiger partial charge in [-0.15, -0.1) is 11.3 Å². The molecule has 2 aromatic rings. The Morgan fingerprint density at radius 3 is 3.05 bits per heavy atom. The number of fused-ring (bicyclic) bond motifs is 1. The van der Waals surface area contributed by atoms with E-state index in [9.17, 15) is 5.26 Å². The van der Waals surface area contributed by atoms with E-state index in [-0.39, 0.29) is 0 Å². The van der Waals surface area contributed by atoms with E-state index < -0.39 is 5.54 Å². The van der Waals surface area contributed by atoms with Crippen molar-refractivity contribution in [3.8, 4) is 6.07 Å². The molecule has 1 aliphatic carbocycles. The van der Waals surface area contributed by atoms with Crippen molar-refractivity contribution in [2.75, 3.05) is 5.32 Å². The van der Waals surface area contributed by atoms with Crippen molar-refractivity contribution in [3.05, 3.63) is 50.6 Å². The van der Waals surface area contributed by atoms with Crippen LogP contribution >= 0.6 is 27.3 Å². The van der Waals surface area contributed by atoms with Crippen LogP contribution < -0.4 is 5.32 Å². The third-order valence-corrected chi connectivity index (χ3v) is 5.01. The lowest BCUT2D eigenvalue weighted by Crippen LogP contribution is -2.36. The van der Waals surface area contributed by atoms with Crippen molar-refractivity contribution in [1.29, 1.82) is 5.26 Å². The molecule has 1 heterocycles. The number of nitrogens with zero attached hydrogens (tertiary/aromatic N) is 1. The molecule has 19 heavy (non-hydrogen) atoms. The van der Waals surface area contributed by atoms with Gasteiger partial charge < -0.3 is 5.32 Å². The lowest BCUT2D eigenvalue weighted by atomic mass is 9.81. The monoisotopic (exact) mass is 332 g/mol. The molecule has 1 N–H and O–H groups in total. The molecule has 0 saturated heterocycles. The minimum Gasteiger partial charge on any atom is -0.364 e. The summed E-state index contributed by atoms with van der Waals surface area (Å²) in [5.41, 5.74) is 1.56. The van der Waals surface area contributed by atoms with Crippen molar-refractivity contribution in [2.45, 2.75) is 24.8 Å². The lowest BCUT2D eigenvalue weighted by Gasteiger charge is -2.33. The van der Waals surface area contributed by atoms with Crippen LogP contribution in [0.4, 0.5) is 5.69 Å². The van der Waals surface area contributed by atoms with E-state index in [1.807, 2.05) is 24.3 Å². The first-order valence-corrected chi connectivity index (χ1v) is 7.93. The molecule has 0 fully saturated rings. The SMILES string of the molecule is N#CC1(Nc2cccc(Br)c2)CCCc2sccc21. The number of aryl methyl sites for hydroxylation is 1. The van der Waals surface area contributed by atoms with Crippen LogP contribution in [0, 0.1) is 11.3 Å². The Bertz CT molecular complexity index is 644. The predicted molar refractivity (Wildman–Crippen MR) is 82.3 cm³/mol. The van der Waals surface area contributed by atoms with Gasteiger partial charge in [-0.2, -0.15) is 5.26 Å². The molecule has 1 unspecified atom stereocenters. The quantitative estimate of drug-likeness (QED) is 0.866. The highest BCUT2D eigenvalue weighted by atomic mass is 79.9. The van der Waals surface area contributed by atoms with Crippen LogP contribution in [-0.4, -0.2) is 0 Å². The summed E-state index contributed by atoms with van der Waals surface area (Å²) in [7, 11) is 0. The highest BCUT2D eigenvalue weighted by Gasteiger charge is 2.37. The van der Waals surface area contributed by atoms with E-state index in [1.54, 1.807) is 11.3 Å². The molecule has 0 amide bonds. The van der Waals surface area contributed by atoms with Crippen LogP contribution in [0.1, 0.15) is 23.3 Å². The number of anilines is 1. The van der Waals surface area contributed by atoms with E-state index in [4.69, 9.17) is 0 Å². The molecule has 1 aromatic carbocycles. The standard InChI is InChI=1S/C15H13BrN2S/c16-11-3-1-4-12(9-11)18-15(10-17)7-2-5-14-13(15)6-8-19-14/h1,3-4,6,8-9,18H,2,5,7H2. The van der Waals surface area contributed by atoms with Gasteiger partial charge in [0, 0.05) is 20.6 Å². The van der Waals surface area contributed by atoms with Gasteiger partial charge in [0.05, 0.1) is 6.07 Å². The fourth-order valence-corrected chi connectivity index (χ4v) is 4.05. The first kappa shape index (κ1) is 12.7. The molecule has 1 aromatic heterocycles. The van der Waals surface area contributed by atoms with Crippen LogP contribution in [0.3, 0.4) is 0 Å². The Labute approximate surface area is 125 Å². The third-order valence-electron chi connectivity index (χ3n) is 3.53. The first-order chi connectivity index (χ1) is 9.23. The fraction of sp³-hybridized carbons (Fsp3) is 0.267. The molecule has 2 nitrogen and oxygen atoms in total. The average molecular weight is 333 g/mol. The molecule has 1 atom stereocenters. The Kier molecular flexibility index (Phi) is 3.34. The summed E-state index contributed by atoms with van der Waals surface area (Å²) < 4.78 is 1.02. The number of hydrogen-bond donors (Lipinski definition) is 1. The Balaban J connectivity index is 2.01. The molecular weight excluding hydrogens is 320 g/mol. The predicted octanol–water partition coefficient (Wildman–Crippen LogP) is 4.68. The second-order valence-electron chi connectivity index (χ2n) is 4.76. The van der Waals surface area contributed by atoms with Gasteiger partial charge in [0.25, 0.3) is 0 Å². The summed E-state index contributed by atoms with van der Waals surface area (Å²) in [6.07, 6.45) is 3.01. The van der Waals surface area contributed by atoms with E-state index in [0.717, 1.165) is 35.0 Å². The van der Waals surface area contributed by atoms with Crippen molar-refractivity contribution >= 4 is 33.0 Å². The second kappa shape index (κ2) is 4.99. The normalized spacial score (nSPS) is 21.5. The van der Waals surface area contributed by atoms with Gasteiger partial charge in [-0.1, -0.05) is 22.0 Å². The molecule has 0 spiro atoms. The minimum absolute atomic E-state index is 0.575. The zero-order valence-electron chi connectivity index (χ0n) is 10.3. The highest BCUT2D eigenvalue weighted by molar-refractivity contribution is 9.10. The number of rotatable bonds is 2. The number of halogens is 1. The van der Waals surface area contributed by atoms with Crippen LogP contribution in [0.5, 0.6) is 0 Å². The van der Waals surface area contributed by atoms with Crippen LogP contribution in [0.2, 0.25) is 0 Å². The minimum atomic E-state index is -0.575. The maximum absolute atomic E-state index is 9.72.